The van der Waals surface area contributed by atoms with Gasteiger partial charge in [-0.25, -0.2) is 4.79 Å². The highest BCUT2D eigenvalue weighted by Crippen LogP contribution is 2.33. The fourth-order valence-electron chi connectivity index (χ4n) is 1.39. The Kier molecular flexibility index (Phi) is 3.38. The van der Waals surface area contributed by atoms with Crippen LogP contribution >= 0.6 is 11.6 Å². The Morgan fingerprint density at radius 2 is 2.18 bits per heavy atom. The molecule has 90 valence electrons. The number of rotatable bonds is 4. The highest BCUT2D eigenvalue weighted by molar-refractivity contribution is 6.32. The third kappa shape index (κ3) is 2.80. The number of halogens is 1. The number of carbonyl (C=O) groups is 1. The number of benzene rings is 1. The average Bonchev–Trinajstić information content (AvgIpc) is 3.13. The first-order chi connectivity index (χ1) is 8.11. The molecule has 0 aromatic heterocycles. The third-order valence-electron chi connectivity index (χ3n) is 2.53. The molecule has 1 saturated carbocycles. The Labute approximate surface area is 105 Å². The molecule has 1 aromatic rings. The second-order valence-electron chi connectivity index (χ2n) is 3.93. The summed E-state index contributed by atoms with van der Waals surface area (Å²) in [5.41, 5.74) is 0.928. The van der Waals surface area contributed by atoms with Crippen LogP contribution in [-0.4, -0.2) is 19.2 Å². The predicted octanol–water partition coefficient (Wildman–Crippen LogP) is 3.07. The highest BCUT2D eigenvalue weighted by atomic mass is 35.5. The van der Waals surface area contributed by atoms with Crippen molar-refractivity contribution < 1.29 is 14.3 Å². The van der Waals surface area contributed by atoms with E-state index in [1.807, 2.05) is 0 Å². The van der Waals surface area contributed by atoms with Crippen molar-refractivity contribution in [1.82, 2.24) is 0 Å². The maximum absolute atomic E-state index is 11.3. The lowest BCUT2D eigenvalue weighted by molar-refractivity contribution is -0.133. The monoisotopic (exact) mass is 252 g/mol. The quantitative estimate of drug-likeness (QED) is 0.610. The molecule has 1 aliphatic rings. The summed E-state index contributed by atoms with van der Waals surface area (Å²) in [6.45, 7) is 3.67. The van der Waals surface area contributed by atoms with Crippen LogP contribution in [0.3, 0.4) is 0 Å². The molecule has 0 saturated heterocycles. The van der Waals surface area contributed by atoms with E-state index in [9.17, 15) is 4.79 Å². The molecule has 0 unspecified atom stereocenters. The van der Waals surface area contributed by atoms with Crippen LogP contribution in [0, 0.1) is 0 Å². The average molecular weight is 253 g/mol. The maximum atomic E-state index is 11.3. The predicted molar refractivity (Wildman–Crippen MR) is 66.2 cm³/mol. The van der Waals surface area contributed by atoms with Gasteiger partial charge in [0.15, 0.2) is 0 Å². The molecule has 4 heteroatoms. The number of carbonyl (C=O) groups excluding carboxylic acids is 1. The van der Waals surface area contributed by atoms with Crippen molar-refractivity contribution in [3.05, 3.63) is 35.4 Å². The van der Waals surface area contributed by atoms with Crippen molar-refractivity contribution in [2.45, 2.75) is 18.9 Å². The maximum Gasteiger partial charge on any atom is 0.337 e. The van der Waals surface area contributed by atoms with Crippen LogP contribution in [0.1, 0.15) is 18.4 Å². The van der Waals surface area contributed by atoms with Gasteiger partial charge in [-0.2, -0.15) is 0 Å². The van der Waals surface area contributed by atoms with E-state index in [-0.39, 0.29) is 5.57 Å². The zero-order valence-electron chi connectivity index (χ0n) is 9.53. The van der Waals surface area contributed by atoms with Gasteiger partial charge < -0.3 is 9.47 Å². The summed E-state index contributed by atoms with van der Waals surface area (Å²) in [4.78, 5) is 11.3. The largest absolute Gasteiger partial charge is 0.489 e. The molecule has 1 fully saturated rings. The molecule has 17 heavy (non-hydrogen) atoms. The van der Waals surface area contributed by atoms with Gasteiger partial charge in [-0.05, 0) is 30.5 Å². The summed E-state index contributed by atoms with van der Waals surface area (Å²) in [5.74, 6) is 0.188. The molecular weight excluding hydrogens is 240 g/mol. The first kappa shape index (κ1) is 12.0. The van der Waals surface area contributed by atoms with E-state index < -0.39 is 5.97 Å². The van der Waals surface area contributed by atoms with Crippen LogP contribution in [0.4, 0.5) is 0 Å². The van der Waals surface area contributed by atoms with Crippen LogP contribution in [0.2, 0.25) is 5.02 Å². The van der Waals surface area contributed by atoms with E-state index in [4.69, 9.17) is 16.3 Å². The second-order valence-corrected chi connectivity index (χ2v) is 4.34. The molecule has 2 rings (SSSR count). The van der Waals surface area contributed by atoms with Crippen LogP contribution in [0.25, 0.3) is 5.57 Å². The van der Waals surface area contributed by atoms with Crippen molar-refractivity contribution in [2.75, 3.05) is 7.11 Å². The van der Waals surface area contributed by atoms with Gasteiger partial charge in [0.2, 0.25) is 0 Å². The minimum Gasteiger partial charge on any atom is -0.489 e. The molecule has 3 nitrogen and oxygen atoms in total. The Balaban J connectivity index is 2.17. The van der Waals surface area contributed by atoms with Crippen LogP contribution in [0.5, 0.6) is 5.75 Å². The fraction of sp³-hybridized carbons (Fsp3) is 0.308. The van der Waals surface area contributed by atoms with Crippen molar-refractivity contribution in [3.8, 4) is 5.75 Å². The van der Waals surface area contributed by atoms with Crippen LogP contribution in [0.15, 0.2) is 24.8 Å². The summed E-state index contributed by atoms with van der Waals surface area (Å²) in [5, 5.41) is 0.486. The summed E-state index contributed by atoms with van der Waals surface area (Å²) < 4.78 is 10.2. The number of esters is 1. The summed E-state index contributed by atoms with van der Waals surface area (Å²) >= 11 is 6.07. The lowest BCUT2D eigenvalue weighted by atomic mass is 10.1. The first-order valence-electron chi connectivity index (χ1n) is 5.35. The molecule has 0 bridgehead atoms. The van der Waals surface area contributed by atoms with E-state index in [1.165, 1.54) is 7.11 Å². The topological polar surface area (TPSA) is 35.5 Å². The van der Waals surface area contributed by atoms with Crippen molar-refractivity contribution in [2.24, 2.45) is 0 Å². The Bertz CT molecular complexity index is 464. The number of hydrogen-bond donors (Lipinski definition) is 0. The van der Waals surface area contributed by atoms with Crippen molar-refractivity contribution >= 4 is 23.1 Å². The minimum absolute atomic E-state index is 0.285. The second kappa shape index (κ2) is 4.80. The normalized spacial score (nSPS) is 14.2. The number of hydrogen-bond acceptors (Lipinski definition) is 3. The Morgan fingerprint density at radius 3 is 2.71 bits per heavy atom. The van der Waals surface area contributed by atoms with Crippen LogP contribution < -0.4 is 4.74 Å². The molecule has 1 aliphatic carbocycles. The number of ether oxygens (including phenoxy) is 2. The SMILES string of the molecule is C=C(C(=O)OC)c1ccc(OC2CC2)c(Cl)c1. The summed E-state index contributed by atoms with van der Waals surface area (Å²) in [7, 11) is 1.32. The molecule has 0 atom stereocenters. The molecule has 0 aliphatic heterocycles. The van der Waals surface area contributed by atoms with Gasteiger partial charge in [0.25, 0.3) is 0 Å². The lowest BCUT2D eigenvalue weighted by Crippen LogP contribution is -2.03. The first-order valence-corrected chi connectivity index (χ1v) is 5.73. The Morgan fingerprint density at radius 1 is 1.47 bits per heavy atom. The van der Waals surface area contributed by atoms with E-state index in [2.05, 4.69) is 11.3 Å². The van der Waals surface area contributed by atoms with Crippen molar-refractivity contribution in [1.29, 1.82) is 0 Å². The van der Waals surface area contributed by atoms with Crippen LogP contribution in [-0.2, 0) is 9.53 Å². The van der Waals surface area contributed by atoms with Gasteiger partial charge in [0.05, 0.1) is 23.8 Å². The zero-order chi connectivity index (χ0) is 12.4. The van der Waals surface area contributed by atoms with E-state index in [0.717, 1.165) is 12.8 Å². The Hall–Kier alpha value is -1.48. The molecule has 1 aromatic carbocycles. The smallest absolute Gasteiger partial charge is 0.337 e. The highest BCUT2D eigenvalue weighted by Gasteiger charge is 2.24. The molecule has 0 radical (unpaired) electrons. The van der Waals surface area contributed by atoms with Gasteiger partial charge >= 0.3 is 5.97 Å². The summed E-state index contributed by atoms with van der Waals surface area (Å²) in [6.07, 6.45) is 2.45. The summed E-state index contributed by atoms with van der Waals surface area (Å²) in [6, 6.07) is 5.17. The molecule has 0 amide bonds. The molecule has 0 N–H and O–H groups in total. The van der Waals surface area contributed by atoms with E-state index in [0.29, 0.717) is 22.4 Å². The standard InChI is InChI=1S/C13H13ClO3/c1-8(13(15)16-2)9-3-6-12(11(14)7-9)17-10-4-5-10/h3,6-7,10H,1,4-5H2,2H3. The van der Waals surface area contributed by atoms with Gasteiger partial charge in [-0.3, -0.25) is 0 Å². The minimum atomic E-state index is -0.461. The zero-order valence-corrected chi connectivity index (χ0v) is 10.3. The van der Waals surface area contributed by atoms with Gasteiger partial charge in [-0.15, -0.1) is 0 Å². The van der Waals surface area contributed by atoms with Gasteiger partial charge in [0, 0.05) is 0 Å². The van der Waals surface area contributed by atoms with Gasteiger partial charge in [-0.1, -0.05) is 24.2 Å². The molecular formula is C13H13ClO3. The molecule has 0 heterocycles. The van der Waals surface area contributed by atoms with Gasteiger partial charge in [0.1, 0.15) is 5.75 Å². The van der Waals surface area contributed by atoms with Crippen molar-refractivity contribution in [3.63, 3.8) is 0 Å². The number of methoxy groups -OCH3 is 1. The molecule has 0 spiro atoms. The third-order valence-corrected chi connectivity index (χ3v) is 2.83. The van der Waals surface area contributed by atoms with E-state index in [1.54, 1.807) is 18.2 Å². The lowest BCUT2D eigenvalue weighted by Gasteiger charge is -2.09. The fourth-order valence-corrected chi connectivity index (χ4v) is 1.62. The van der Waals surface area contributed by atoms with E-state index >= 15 is 0 Å².